The molecule has 1 aromatic heterocycles. The van der Waals surface area contributed by atoms with Gasteiger partial charge in [0.2, 0.25) is 0 Å². The van der Waals surface area contributed by atoms with Gasteiger partial charge >= 0.3 is 0 Å². The highest BCUT2D eigenvalue weighted by atomic mass is 16.5. The van der Waals surface area contributed by atoms with E-state index in [1.165, 1.54) is 30.2 Å². The summed E-state index contributed by atoms with van der Waals surface area (Å²) in [6.07, 6.45) is 15.4. The van der Waals surface area contributed by atoms with Gasteiger partial charge in [-0.25, -0.2) is 0 Å². The molecule has 3 nitrogen and oxygen atoms in total. The van der Waals surface area contributed by atoms with Gasteiger partial charge in [-0.05, 0) is 79.3 Å². The van der Waals surface area contributed by atoms with E-state index in [0.29, 0.717) is 12.7 Å². The van der Waals surface area contributed by atoms with Crippen LogP contribution >= 0.6 is 0 Å². The van der Waals surface area contributed by atoms with E-state index in [2.05, 4.69) is 80.0 Å². The molecule has 3 aromatic rings. The van der Waals surface area contributed by atoms with Crippen LogP contribution in [0.4, 0.5) is 0 Å². The maximum absolute atomic E-state index is 5.87. The van der Waals surface area contributed by atoms with Crippen LogP contribution in [0.2, 0.25) is 0 Å². The summed E-state index contributed by atoms with van der Waals surface area (Å²) < 4.78 is 11.5. The van der Waals surface area contributed by atoms with Gasteiger partial charge in [-0.1, -0.05) is 62.8 Å². The Hall–Kier alpha value is -2.91. The number of pyridine rings is 1. The van der Waals surface area contributed by atoms with E-state index < -0.39 is 0 Å². The normalized spacial score (nSPS) is 12.3. The molecule has 0 saturated carbocycles. The van der Waals surface area contributed by atoms with Crippen molar-refractivity contribution in [3.63, 3.8) is 0 Å². The molecule has 0 N–H and O–H groups in total. The molecule has 0 radical (unpaired) electrons. The lowest BCUT2D eigenvalue weighted by atomic mass is 10.0. The number of hydrogen-bond acceptors (Lipinski definition) is 3. The molecule has 0 aliphatic heterocycles. The maximum Gasteiger partial charge on any atom is 0.120 e. The van der Waals surface area contributed by atoms with Crippen LogP contribution in [0, 0.1) is 0 Å². The molecule has 3 rings (SSSR count). The Kier molecular flexibility index (Phi) is 10.2. The number of unbranched alkanes of at least 4 members (excludes halogenated alkanes) is 3. The van der Waals surface area contributed by atoms with E-state index in [-0.39, 0.29) is 0 Å². The van der Waals surface area contributed by atoms with E-state index in [0.717, 1.165) is 48.3 Å². The van der Waals surface area contributed by atoms with E-state index in [4.69, 9.17) is 9.47 Å². The Morgan fingerprint density at radius 2 is 1.79 bits per heavy atom. The standard InChI is InChI=1S/C30H37NO2/c1-4-6-10-20-32-24(3)11-8-7-9-12-29-17-15-28(23-31-29)26-13-14-27-22-30(33-19-5-2)18-16-25(27)21-26/h5,9,12-18,21-24H,2,4,6-8,10-11,19-20H2,1,3H3/b12-9+. The first-order valence-corrected chi connectivity index (χ1v) is 12.2. The van der Waals surface area contributed by atoms with Gasteiger partial charge in [0.1, 0.15) is 12.4 Å². The Labute approximate surface area is 199 Å². The molecule has 0 aliphatic rings. The maximum atomic E-state index is 5.87. The van der Waals surface area contributed by atoms with E-state index in [1.807, 2.05) is 12.3 Å². The highest BCUT2D eigenvalue weighted by Crippen LogP contribution is 2.27. The van der Waals surface area contributed by atoms with Crippen molar-refractivity contribution in [3.8, 4) is 16.9 Å². The highest BCUT2D eigenvalue weighted by molar-refractivity contribution is 5.88. The smallest absolute Gasteiger partial charge is 0.120 e. The Bertz CT molecular complexity index is 1020. The summed E-state index contributed by atoms with van der Waals surface area (Å²) in [4.78, 5) is 4.63. The minimum absolute atomic E-state index is 0.348. The molecule has 0 spiro atoms. The molecule has 174 valence electrons. The fourth-order valence-corrected chi connectivity index (χ4v) is 3.77. The first-order valence-electron chi connectivity index (χ1n) is 12.2. The summed E-state index contributed by atoms with van der Waals surface area (Å²) in [7, 11) is 0. The first-order chi connectivity index (χ1) is 16.2. The topological polar surface area (TPSA) is 31.4 Å². The van der Waals surface area contributed by atoms with Crippen LogP contribution in [-0.2, 0) is 4.74 Å². The minimum atomic E-state index is 0.348. The number of nitrogens with zero attached hydrogens (tertiary/aromatic N) is 1. The number of benzene rings is 2. The van der Waals surface area contributed by atoms with Gasteiger partial charge in [-0.15, -0.1) is 0 Å². The van der Waals surface area contributed by atoms with Crippen molar-refractivity contribution in [2.24, 2.45) is 0 Å². The predicted molar refractivity (Wildman–Crippen MR) is 141 cm³/mol. The molecular weight excluding hydrogens is 406 g/mol. The third-order valence-corrected chi connectivity index (χ3v) is 5.72. The molecule has 0 fully saturated rings. The van der Waals surface area contributed by atoms with Crippen LogP contribution in [0.3, 0.4) is 0 Å². The summed E-state index contributed by atoms with van der Waals surface area (Å²) in [5, 5.41) is 2.35. The van der Waals surface area contributed by atoms with E-state index >= 15 is 0 Å². The molecular formula is C30H37NO2. The first kappa shape index (κ1) is 24.7. The van der Waals surface area contributed by atoms with Crippen LogP contribution < -0.4 is 4.74 Å². The number of hydrogen-bond donors (Lipinski definition) is 0. The molecule has 0 bridgehead atoms. The average Bonchev–Trinajstić information content (AvgIpc) is 2.85. The van der Waals surface area contributed by atoms with Gasteiger partial charge in [0.25, 0.3) is 0 Å². The Balaban J connectivity index is 1.49. The number of ether oxygens (including phenoxy) is 2. The van der Waals surface area contributed by atoms with Gasteiger partial charge in [-0.2, -0.15) is 0 Å². The van der Waals surface area contributed by atoms with Gasteiger partial charge in [0.05, 0.1) is 11.8 Å². The van der Waals surface area contributed by atoms with Crippen LogP contribution in [-0.4, -0.2) is 24.3 Å². The number of rotatable bonds is 14. The van der Waals surface area contributed by atoms with Crippen molar-refractivity contribution in [2.45, 2.75) is 58.5 Å². The second-order valence-corrected chi connectivity index (χ2v) is 8.52. The lowest BCUT2D eigenvalue weighted by Crippen LogP contribution is -2.08. The number of fused-ring (bicyclic) bond motifs is 1. The zero-order chi connectivity index (χ0) is 23.3. The van der Waals surface area contributed by atoms with Crippen LogP contribution in [0.5, 0.6) is 5.75 Å². The fraction of sp³-hybridized carbons (Fsp3) is 0.367. The summed E-state index contributed by atoms with van der Waals surface area (Å²) >= 11 is 0. The molecule has 0 amide bonds. The zero-order valence-electron chi connectivity index (χ0n) is 20.1. The predicted octanol–water partition coefficient (Wildman–Crippen LogP) is 8.25. The number of aromatic nitrogens is 1. The largest absolute Gasteiger partial charge is 0.490 e. The summed E-state index contributed by atoms with van der Waals surface area (Å²) in [5.74, 6) is 0.863. The quantitative estimate of drug-likeness (QED) is 0.186. The SMILES string of the molecule is C=CCOc1ccc2cc(-c3ccc(/C=C/CCCC(C)OCCCCC)nc3)ccc2c1. The second-order valence-electron chi connectivity index (χ2n) is 8.52. The van der Waals surface area contributed by atoms with Crippen molar-refractivity contribution in [3.05, 3.63) is 79.2 Å². The van der Waals surface area contributed by atoms with Crippen LogP contribution in [0.15, 0.2) is 73.5 Å². The van der Waals surface area contributed by atoms with Gasteiger partial charge in [-0.3, -0.25) is 4.98 Å². The summed E-state index contributed by atoms with van der Waals surface area (Å²) in [6, 6.07) is 16.9. The molecule has 1 atom stereocenters. The Morgan fingerprint density at radius 3 is 2.58 bits per heavy atom. The van der Waals surface area contributed by atoms with E-state index in [9.17, 15) is 0 Å². The van der Waals surface area contributed by atoms with Gasteiger partial charge in [0, 0.05) is 18.4 Å². The van der Waals surface area contributed by atoms with Gasteiger partial charge in [0.15, 0.2) is 0 Å². The highest BCUT2D eigenvalue weighted by Gasteiger charge is 2.03. The molecule has 3 heteroatoms. The van der Waals surface area contributed by atoms with Crippen LogP contribution in [0.25, 0.3) is 28.0 Å². The monoisotopic (exact) mass is 443 g/mol. The van der Waals surface area contributed by atoms with Crippen molar-refractivity contribution in [1.29, 1.82) is 0 Å². The second kappa shape index (κ2) is 13.6. The third kappa shape index (κ3) is 8.18. The van der Waals surface area contributed by atoms with Gasteiger partial charge < -0.3 is 9.47 Å². The zero-order valence-corrected chi connectivity index (χ0v) is 20.1. The minimum Gasteiger partial charge on any atom is -0.490 e. The number of allylic oxidation sites excluding steroid dienone is 1. The molecule has 2 aromatic carbocycles. The Morgan fingerprint density at radius 1 is 0.970 bits per heavy atom. The molecule has 0 aliphatic carbocycles. The fourth-order valence-electron chi connectivity index (χ4n) is 3.77. The van der Waals surface area contributed by atoms with Crippen molar-refractivity contribution in [2.75, 3.05) is 13.2 Å². The van der Waals surface area contributed by atoms with Crippen molar-refractivity contribution < 1.29 is 9.47 Å². The van der Waals surface area contributed by atoms with Crippen molar-refractivity contribution in [1.82, 2.24) is 4.98 Å². The van der Waals surface area contributed by atoms with E-state index in [1.54, 1.807) is 6.08 Å². The average molecular weight is 444 g/mol. The molecule has 1 unspecified atom stereocenters. The lowest BCUT2D eigenvalue weighted by Gasteiger charge is -2.11. The lowest BCUT2D eigenvalue weighted by molar-refractivity contribution is 0.0566. The molecule has 0 saturated heterocycles. The molecule has 1 heterocycles. The summed E-state index contributed by atoms with van der Waals surface area (Å²) in [5.41, 5.74) is 3.28. The molecule has 33 heavy (non-hydrogen) atoms. The third-order valence-electron chi connectivity index (χ3n) is 5.72. The summed E-state index contributed by atoms with van der Waals surface area (Å²) in [6.45, 7) is 9.50. The van der Waals surface area contributed by atoms with Crippen molar-refractivity contribution >= 4 is 16.8 Å². The van der Waals surface area contributed by atoms with Crippen LogP contribution in [0.1, 0.15) is 58.1 Å².